The van der Waals surface area contributed by atoms with E-state index in [0.29, 0.717) is 18.2 Å². The Balaban J connectivity index is 1.52. The summed E-state index contributed by atoms with van der Waals surface area (Å²) in [5.74, 6) is 0.925. The SMILES string of the molecule is CCNC(=NCCc1ccc(Br)s1)NC1CC2CCC1O2. The smallest absolute Gasteiger partial charge is 0.191 e. The third-order valence-corrected chi connectivity index (χ3v) is 5.71. The molecule has 116 valence electrons. The Morgan fingerprint density at radius 3 is 3.00 bits per heavy atom. The van der Waals surface area contributed by atoms with E-state index in [1.54, 1.807) is 11.3 Å². The van der Waals surface area contributed by atoms with Crippen molar-refractivity contribution in [3.63, 3.8) is 0 Å². The van der Waals surface area contributed by atoms with Gasteiger partial charge in [-0.15, -0.1) is 11.3 Å². The van der Waals surface area contributed by atoms with E-state index < -0.39 is 0 Å². The highest BCUT2D eigenvalue weighted by Crippen LogP contribution is 2.34. The summed E-state index contributed by atoms with van der Waals surface area (Å²) in [5.41, 5.74) is 0. The first-order valence-corrected chi connectivity index (χ1v) is 9.30. The van der Waals surface area contributed by atoms with Crippen molar-refractivity contribution in [2.75, 3.05) is 13.1 Å². The molecule has 3 rings (SSSR count). The highest BCUT2D eigenvalue weighted by atomic mass is 79.9. The van der Waals surface area contributed by atoms with Crippen LogP contribution in [0.25, 0.3) is 0 Å². The number of guanidine groups is 1. The minimum absolute atomic E-state index is 0.382. The summed E-state index contributed by atoms with van der Waals surface area (Å²) in [4.78, 5) is 6.06. The molecule has 2 saturated heterocycles. The third kappa shape index (κ3) is 3.99. The molecule has 3 unspecified atom stereocenters. The standard InChI is InChI=1S/C15H22BrN3OS/c1-2-17-15(18-8-7-11-4-6-14(16)21-11)19-12-9-10-3-5-13(12)20-10/h4,6,10,12-13H,2-3,5,7-9H2,1H3,(H2,17,18,19). The predicted molar refractivity (Wildman–Crippen MR) is 91.1 cm³/mol. The minimum Gasteiger partial charge on any atom is -0.373 e. The molecule has 1 aromatic rings. The van der Waals surface area contributed by atoms with Gasteiger partial charge in [-0.1, -0.05) is 0 Å². The molecular formula is C15H22BrN3OS. The number of rotatable bonds is 5. The lowest BCUT2D eigenvalue weighted by Gasteiger charge is -2.22. The average Bonchev–Trinajstić information content (AvgIpc) is 3.16. The zero-order valence-electron chi connectivity index (χ0n) is 12.3. The van der Waals surface area contributed by atoms with Crippen LogP contribution in [0.4, 0.5) is 0 Å². The van der Waals surface area contributed by atoms with Gasteiger partial charge in [-0.3, -0.25) is 4.99 Å². The Hall–Kier alpha value is -0.590. The topological polar surface area (TPSA) is 45.7 Å². The number of hydrogen-bond donors (Lipinski definition) is 2. The molecule has 0 aliphatic carbocycles. The van der Waals surface area contributed by atoms with E-state index in [9.17, 15) is 0 Å². The number of aliphatic imine (C=N–C) groups is 1. The van der Waals surface area contributed by atoms with Crippen molar-refractivity contribution >= 4 is 33.2 Å². The van der Waals surface area contributed by atoms with Crippen LogP contribution in [0.3, 0.4) is 0 Å². The van der Waals surface area contributed by atoms with E-state index in [-0.39, 0.29) is 0 Å². The first-order valence-electron chi connectivity index (χ1n) is 7.69. The lowest BCUT2D eigenvalue weighted by atomic mass is 9.96. The number of hydrogen-bond acceptors (Lipinski definition) is 3. The lowest BCUT2D eigenvalue weighted by Crippen LogP contribution is -2.47. The monoisotopic (exact) mass is 371 g/mol. The highest BCUT2D eigenvalue weighted by Gasteiger charge is 2.41. The molecule has 2 N–H and O–H groups in total. The van der Waals surface area contributed by atoms with Crippen molar-refractivity contribution in [2.45, 2.75) is 50.9 Å². The molecule has 0 aromatic carbocycles. The molecule has 0 saturated carbocycles. The molecule has 21 heavy (non-hydrogen) atoms. The van der Waals surface area contributed by atoms with Crippen LogP contribution in [0.2, 0.25) is 0 Å². The predicted octanol–water partition coefficient (Wildman–Crippen LogP) is 2.93. The Labute approximate surface area is 138 Å². The lowest BCUT2D eigenvalue weighted by molar-refractivity contribution is 0.0992. The summed E-state index contributed by atoms with van der Waals surface area (Å²) < 4.78 is 7.08. The summed E-state index contributed by atoms with van der Waals surface area (Å²) in [6, 6.07) is 4.69. The van der Waals surface area contributed by atoms with Crippen LogP contribution in [-0.2, 0) is 11.2 Å². The molecular weight excluding hydrogens is 350 g/mol. The normalized spacial score (nSPS) is 28.1. The van der Waals surface area contributed by atoms with E-state index in [1.165, 1.54) is 21.5 Å². The Kier molecular flexibility index (Phi) is 5.19. The second-order valence-corrected chi connectivity index (χ2v) is 8.12. The van der Waals surface area contributed by atoms with Gasteiger partial charge in [0.25, 0.3) is 0 Å². The van der Waals surface area contributed by atoms with Gasteiger partial charge in [-0.2, -0.15) is 0 Å². The second kappa shape index (κ2) is 7.11. The quantitative estimate of drug-likeness (QED) is 0.617. The van der Waals surface area contributed by atoms with Crippen molar-refractivity contribution < 1.29 is 4.74 Å². The van der Waals surface area contributed by atoms with Crippen molar-refractivity contribution in [1.82, 2.24) is 10.6 Å². The van der Waals surface area contributed by atoms with E-state index >= 15 is 0 Å². The number of nitrogens with zero attached hydrogens (tertiary/aromatic N) is 1. The molecule has 2 fully saturated rings. The van der Waals surface area contributed by atoms with Gasteiger partial charge >= 0.3 is 0 Å². The van der Waals surface area contributed by atoms with Gasteiger partial charge < -0.3 is 15.4 Å². The van der Waals surface area contributed by atoms with Crippen LogP contribution in [0.1, 0.15) is 31.1 Å². The van der Waals surface area contributed by atoms with Crippen LogP contribution in [0.5, 0.6) is 0 Å². The molecule has 4 nitrogen and oxygen atoms in total. The molecule has 0 radical (unpaired) electrons. The maximum atomic E-state index is 5.89. The van der Waals surface area contributed by atoms with Gasteiger partial charge in [-0.25, -0.2) is 0 Å². The van der Waals surface area contributed by atoms with Crippen LogP contribution >= 0.6 is 27.3 Å². The zero-order valence-corrected chi connectivity index (χ0v) is 14.7. The maximum absolute atomic E-state index is 5.89. The van der Waals surface area contributed by atoms with Crippen LogP contribution in [0, 0.1) is 0 Å². The average molecular weight is 372 g/mol. The number of fused-ring (bicyclic) bond motifs is 2. The van der Waals surface area contributed by atoms with Crippen LogP contribution in [0.15, 0.2) is 20.9 Å². The number of halogens is 1. The fraction of sp³-hybridized carbons (Fsp3) is 0.667. The molecule has 3 heterocycles. The molecule has 2 aliphatic rings. The molecule has 2 aliphatic heterocycles. The molecule has 3 atom stereocenters. The van der Waals surface area contributed by atoms with Crippen molar-refractivity contribution in [3.05, 3.63) is 20.8 Å². The van der Waals surface area contributed by atoms with Gasteiger partial charge in [0, 0.05) is 24.4 Å². The maximum Gasteiger partial charge on any atom is 0.191 e. The van der Waals surface area contributed by atoms with E-state index in [2.05, 4.69) is 45.6 Å². The first kappa shape index (κ1) is 15.3. The largest absolute Gasteiger partial charge is 0.373 e. The van der Waals surface area contributed by atoms with E-state index in [1.807, 2.05) is 0 Å². The number of ether oxygens (including phenoxy) is 1. The van der Waals surface area contributed by atoms with E-state index in [0.717, 1.165) is 31.9 Å². The summed E-state index contributed by atoms with van der Waals surface area (Å²) in [7, 11) is 0. The molecule has 6 heteroatoms. The van der Waals surface area contributed by atoms with Gasteiger partial charge in [0.2, 0.25) is 0 Å². The Morgan fingerprint density at radius 2 is 2.38 bits per heavy atom. The fourth-order valence-corrected chi connectivity index (χ4v) is 4.52. The second-order valence-electron chi connectivity index (χ2n) is 5.58. The van der Waals surface area contributed by atoms with Crippen LogP contribution < -0.4 is 10.6 Å². The van der Waals surface area contributed by atoms with Crippen molar-refractivity contribution in [3.8, 4) is 0 Å². The summed E-state index contributed by atoms with van der Waals surface area (Å²) in [5, 5.41) is 6.89. The van der Waals surface area contributed by atoms with Gasteiger partial charge in [0.05, 0.1) is 22.0 Å². The molecule has 0 spiro atoms. The summed E-state index contributed by atoms with van der Waals surface area (Å²) >= 11 is 5.28. The van der Waals surface area contributed by atoms with Crippen molar-refractivity contribution in [1.29, 1.82) is 0 Å². The molecule has 0 amide bonds. The first-order chi connectivity index (χ1) is 10.2. The molecule has 1 aromatic heterocycles. The third-order valence-electron chi connectivity index (χ3n) is 4.03. The van der Waals surface area contributed by atoms with Crippen LogP contribution in [-0.4, -0.2) is 37.3 Å². The summed E-state index contributed by atoms with van der Waals surface area (Å²) in [6.45, 7) is 3.80. The number of thiophene rings is 1. The number of nitrogens with one attached hydrogen (secondary N) is 2. The summed E-state index contributed by atoms with van der Waals surface area (Å²) in [6.07, 6.45) is 5.37. The van der Waals surface area contributed by atoms with Gasteiger partial charge in [-0.05, 0) is 54.2 Å². The van der Waals surface area contributed by atoms with Gasteiger partial charge in [0.15, 0.2) is 5.96 Å². The molecule has 2 bridgehead atoms. The van der Waals surface area contributed by atoms with Crippen molar-refractivity contribution in [2.24, 2.45) is 4.99 Å². The Bertz CT molecular complexity index is 505. The van der Waals surface area contributed by atoms with Gasteiger partial charge in [0.1, 0.15) is 0 Å². The van der Waals surface area contributed by atoms with E-state index in [4.69, 9.17) is 9.73 Å². The Morgan fingerprint density at radius 1 is 1.48 bits per heavy atom. The highest BCUT2D eigenvalue weighted by molar-refractivity contribution is 9.11. The fourth-order valence-electron chi connectivity index (χ4n) is 3.05. The minimum atomic E-state index is 0.382. The zero-order chi connectivity index (χ0) is 14.7.